The minimum Gasteiger partial charge on any atom is -0.463 e. The van der Waals surface area contributed by atoms with Gasteiger partial charge in [-0.05, 0) is 37.6 Å². The number of hydrogen-bond acceptors (Lipinski definition) is 8. The number of carbonyl (C=O) groups excluding carboxylic acids is 2. The van der Waals surface area contributed by atoms with Gasteiger partial charge in [0.25, 0.3) is 10.0 Å². The van der Waals surface area contributed by atoms with Crippen molar-refractivity contribution in [1.29, 1.82) is 0 Å². The van der Waals surface area contributed by atoms with Crippen molar-refractivity contribution in [3.05, 3.63) is 41.4 Å². The van der Waals surface area contributed by atoms with Gasteiger partial charge in [0.1, 0.15) is 5.01 Å². The molecule has 27 heavy (non-hydrogen) atoms. The van der Waals surface area contributed by atoms with E-state index in [2.05, 4.69) is 25.0 Å². The second-order valence-electron chi connectivity index (χ2n) is 5.06. The molecule has 0 aliphatic heterocycles. The van der Waals surface area contributed by atoms with Crippen molar-refractivity contribution in [3.8, 4) is 0 Å². The van der Waals surface area contributed by atoms with Crippen molar-refractivity contribution < 1.29 is 22.7 Å². The van der Waals surface area contributed by atoms with Gasteiger partial charge in [-0.3, -0.25) is 9.52 Å². The highest BCUT2D eigenvalue weighted by Gasteiger charge is 2.16. The number of benzene rings is 1. The van der Waals surface area contributed by atoms with E-state index >= 15 is 0 Å². The number of esters is 1. The molecule has 11 heteroatoms. The smallest absolute Gasteiger partial charge is 0.330 e. The molecule has 1 aromatic heterocycles. The molecule has 0 aliphatic carbocycles. The average Bonchev–Trinajstić information content (AvgIpc) is 3.07. The van der Waals surface area contributed by atoms with Gasteiger partial charge < -0.3 is 10.1 Å². The number of ether oxygens (including phenoxy) is 1. The van der Waals surface area contributed by atoms with Gasteiger partial charge in [-0.1, -0.05) is 18.3 Å². The Labute approximate surface area is 160 Å². The third kappa shape index (κ3) is 6.15. The lowest BCUT2D eigenvalue weighted by Crippen LogP contribution is -2.13. The summed E-state index contributed by atoms with van der Waals surface area (Å²) in [6.45, 7) is 3.77. The van der Waals surface area contributed by atoms with Crippen LogP contribution in [0.2, 0.25) is 0 Å². The zero-order valence-electron chi connectivity index (χ0n) is 14.6. The minimum absolute atomic E-state index is 0.0100. The molecule has 9 nitrogen and oxygen atoms in total. The number of rotatable bonds is 8. The first-order valence-electron chi connectivity index (χ1n) is 7.95. The quantitative estimate of drug-likeness (QED) is 0.503. The number of nitrogens with one attached hydrogen (secondary N) is 2. The van der Waals surface area contributed by atoms with E-state index in [4.69, 9.17) is 0 Å². The number of hydrogen-bond donors (Lipinski definition) is 2. The Morgan fingerprint density at radius 3 is 2.44 bits per heavy atom. The Kier molecular flexibility index (Phi) is 7.02. The molecule has 0 atom stereocenters. The molecule has 0 radical (unpaired) electrons. The summed E-state index contributed by atoms with van der Waals surface area (Å²) in [6, 6.07) is 5.55. The van der Waals surface area contributed by atoms with E-state index in [0.29, 0.717) is 12.1 Å². The number of aromatic nitrogens is 2. The lowest BCUT2D eigenvalue weighted by Gasteiger charge is -2.06. The molecule has 0 unspecified atom stereocenters. The van der Waals surface area contributed by atoms with Crippen molar-refractivity contribution in [1.82, 2.24) is 10.2 Å². The van der Waals surface area contributed by atoms with E-state index in [9.17, 15) is 18.0 Å². The Balaban J connectivity index is 2.01. The van der Waals surface area contributed by atoms with Crippen LogP contribution in [0.4, 0.5) is 10.8 Å². The van der Waals surface area contributed by atoms with E-state index < -0.39 is 21.9 Å². The van der Waals surface area contributed by atoms with Crippen LogP contribution >= 0.6 is 11.3 Å². The highest BCUT2D eigenvalue weighted by molar-refractivity contribution is 7.93. The fraction of sp³-hybridized carbons (Fsp3) is 0.250. The van der Waals surface area contributed by atoms with Crippen LogP contribution in [0, 0.1) is 0 Å². The predicted octanol–water partition coefficient (Wildman–Crippen LogP) is 1.96. The van der Waals surface area contributed by atoms with Crippen molar-refractivity contribution in [2.75, 3.05) is 16.6 Å². The van der Waals surface area contributed by atoms with Crippen LogP contribution < -0.4 is 10.0 Å². The van der Waals surface area contributed by atoms with Crippen LogP contribution in [0.3, 0.4) is 0 Å². The molecule has 1 heterocycles. The van der Waals surface area contributed by atoms with Gasteiger partial charge in [-0.15, -0.1) is 10.2 Å². The first-order chi connectivity index (χ1) is 12.8. The molecule has 2 rings (SSSR count). The lowest BCUT2D eigenvalue weighted by molar-refractivity contribution is -0.137. The maximum Gasteiger partial charge on any atom is 0.330 e. The average molecular weight is 410 g/mol. The molecule has 0 fully saturated rings. The SMILES string of the molecule is CCOC(=O)/C=C/C(=O)Nc1ccc(S(=O)(=O)Nc2nnc(CC)s2)cc1. The maximum atomic E-state index is 12.3. The molecule has 0 bridgehead atoms. The molecule has 0 saturated carbocycles. The second-order valence-corrected chi connectivity index (χ2v) is 7.80. The van der Waals surface area contributed by atoms with Crippen LogP contribution in [0.15, 0.2) is 41.3 Å². The van der Waals surface area contributed by atoms with E-state index in [1.165, 1.54) is 24.3 Å². The molecule has 1 aromatic carbocycles. The molecule has 0 spiro atoms. The number of anilines is 2. The third-order valence-corrected chi connectivity index (χ3v) is 5.55. The van der Waals surface area contributed by atoms with Crippen molar-refractivity contribution in [2.24, 2.45) is 0 Å². The Morgan fingerprint density at radius 2 is 1.85 bits per heavy atom. The highest BCUT2D eigenvalue weighted by Crippen LogP contribution is 2.21. The summed E-state index contributed by atoms with van der Waals surface area (Å²) in [5, 5.41) is 11.1. The number of nitrogens with zero attached hydrogens (tertiary/aromatic N) is 2. The number of carbonyl (C=O) groups is 2. The van der Waals surface area contributed by atoms with Gasteiger partial charge in [0.05, 0.1) is 11.5 Å². The maximum absolute atomic E-state index is 12.3. The molecule has 2 aromatic rings. The number of aryl methyl sites for hydroxylation is 1. The Bertz CT molecular complexity index is 936. The summed E-state index contributed by atoms with van der Waals surface area (Å²) < 4.78 is 31.7. The second kappa shape index (κ2) is 9.24. The van der Waals surface area contributed by atoms with Crippen LogP contribution in [0.5, 0.6) is 0 Å². The van der Waals surface area contributed by atoms with Gasteiger partial charge >= 0.3 is 5.97 Å². The highest BCUT2D eigenvalue weighted by atomic mass is 32.2. The topological polar surface area (TPSA) is 127 Å². The monoisotopic (exact) mass is 410 g/mol. The first kappa shape index (κ1) is 20.5. The predicted molar refractivity (Wildman–Crippen MR) is 101 cm³/mol. The molecular formula is C16H18N4O5S2. The summed E-state index contributed by atoms with van der Waals surface area (Å²) in [5.74, 6) is -1.17. The summed E-state index contributed by atoms with van der Waals surface area (Å²) in [6.07, 6.45) is 2.71. The van der Waals surface area contributed by atoms with Crippen LogP contribution in [-0.4, -0.2) is 37.1 Å². The normalized spacial score (nSPS) is 11.3. The van der Waals surface area contributed by atoms with E-state index in [-0.39, 0.29) is 16.6 Å². The number of sulfonamides is 1. The van der Waals surface area contributed by atoms with E-state index in [0.717, 1.165) is 28.5 Å². The van der Waals surface area contributed by atoms with Crippen LogP contribution in [-0.2, 0) is 30.8 Å². The fourth-order valence-electron chi connectivity index (χ4n) is 1.85. The van der Waals surface area contributed by atoms with Crippen LogP contribution in [0.25, 0.3) is 0 Å². The minimum atomic E-state index is -3.81. The zero-order valence-corrected chi connectivity index (χ0v) is 16.3. The molecule has 0 saturated heterocycles. The van der Waals surface area contributed by atoms with Gasteiger partial charge in [0, 0.05) is 17.8 Å². The van der Waals surface area contributed by atoms with Gasteiger partial charge in [0.2, 0.25) is 11.0 Å². The summed E-state index contributed by atoms with van der Waals surface area (Å²) in [5.41, 5.74) is 0.372. The van der Waals surface area contributed by atoms with Gasteiger partial charge in [-0.2, -0.15) is 0 Å². The van der Waals surface area contributed by atoms with Gasteiger partial charge in [0.15, 0.2) is 0 Å². The molecule has 1 amide bonds. The Morgan fingerprint density at radius 1 is 1.15 bits per heavy atom. The molecule has 144 valence electrons. The summed E-state index contributed by atoms with van der Waals surface area (Å²) in [7, 11) is -3.81. The van der Waals surface area contributed by atoms with Crippen molar-refractivity contribution >= 4 is 44.1 Å². The molecule has 0 aliphatic rings. The van der Waals surface area contributed by atoms with Crippen LogP contribution in [0.1, 0.15) is 18.9 Å². The van der Waals surface area contributed by atoms with Crippen molar-refractivity contribution in [3.63, 3.8) is 0 Å². The summed E-state index contributed by atoms with van der Waals surface area (Å²) in [4.78, 5) is 22.9. The lowest BCUT2D eigenvalue weighted by atomic mass is 10.3. The summed E-state index contributed by atoms with van der Waals surface area (Å²) >= 11 is 1.16. The third-order valence-electron chi connectivity index (χ3n) is 3.08. The molecule has 2 N–H and O–H groups in total. The van der Waals surface area contributed by atoms with Gasteiger partial charge in [-0.25, -0.2) is 13.2 Å². The van der Waals surface area contributed by atoms with E-state index in [1.54, 1.807) is 6.92 Å². The standard InChI is InChI=1S/C16H18N4O5S2/c1-3-14-18-19-16(26-14)20-27(23,24)12-7-5-11(6-8-12)17-13(21)9-10-15(22)25-4-2/h5-10H,3-4H2,1-2H3,(H,17,21)(H,19,20)/b10-9+. The Hall–Kier alpha value is -2.79. The van der Waals surface area contributed by atoms with E-state index in [1.807, 2.05) is 6.92 Å². The molecular weight excluding hydrogens is 392 g/mol. The largest absolute Gasteiger partial charge is 0.463 e. The first-order valence-corrected chi connectivity index (χ1v) is 10.2. The zero-order chi connectivity index (χ0) is 19.9. The number of amides is 1. The van der Waals surface area contributed by atoms with Crippen molar-refractivity contribution in [2.45, 2.75) is 25.2 Å². The fourth-order valence-corrected chi connectivity index (χ4v) is 3.76.